The molecule has 142 valence electrons. The first-order valence-electron chi connectivity index (χ1n) is 7.81. The van der Waals surface area contributed by atoms with Crippen molar-refractivity contribution in [2.75, 3.05) is 14.2 Å². The Morgan fingerprint density at radius 3 is 2.19 bits per heavy atom. The van der Waals surface area contributed by atoms with E-state index in [1.807, 2.05) is 0 Å². The number of hydrogen-bond donors (Lipinski definition) is 0. The van der Waals surface area contributed by atoms with Gasteiger partial charge in [-0.05, 0) is 29.8 Å². The number of nitrogens with zero attached hydrogens (tertiary/aromatic N) is 1. The van der Waals surface area contributed by atoms with Crippen LogP contribution in [0.25, 0.3) is 17.0 Å². The minimum atomic E-state index is -1.47. The van der Waals surface area contributed by atoms with Crippen LogP contribution in [0.4, 0.5) is 13.2 Å². The largest absolute Gasteiger partial charge is 0.497 e. The van der Waals surface area contributed by atoms with Crippen molar-refractivity contribution in [1.82, 2.24) is 4.57 Å². The molecule has 0 N–H and O–H groups in total. The topological polar surface area (TPSA) is 40.5 Å². The molecule has 1 aromatic heterocycles. The van der Waals surface area contributed by atoms with E-state index in [9.17, 15) is 18.0 Å². The van der Waals surface area contributed by atoms with E-state index in [0.717, 1.165) is 10.6 Å². The third-order valence-electron chi connectivity index (χ3n) is 3.85. The van der Waals surface area contributed by atoms with E-state index in [2.05, 4.69) is 6.58 Å². The maximum absolute atomic E-state index is 14.8. The molecule has 0 saturated heterocycles. The lowest BCUT2D eigenvalue weighted by atomic mass is 10.0. The summed E-state index contributed by atoms with van der Waals surface area (Å²) < 4.78 is 53.6. The molecule has 0 bridgehead atoms. The number of hydrogen-bond acceptors (Lipinski definition) is 3. The Bertz CT molecular complexity index is 968. The minimum absolute atomic E-state index is 0.203. The summed E-state index contributed by atoms with van der Waals surface area (Å²) in [4.78, 5) is 12.0. The monoisotopic (exact) mass is 377 g/mol. The molecule has 1 heterocycles. The fraction of sp³-hybridized carbons (Fsp3) is 0.150. The lowest BCUT2D eigenvalue weighted by Gasteiger charge is -2.15. The highest BCUT2D eigenvalue weighted by Crippen LogP contribution is 2.35. The molecule has 7 heteroatoms. The molecule has 2 aromatic rings. The van der Waals surface area contributed by atoms with Crippen molar-refractivity contribution >= 4 is 5.83 Å². The van der Waals surface area contributed by atoms with Crippen molar-refractivity contribution in [3.05, 3.63) is 76.8 Å². The third-order valence-corrected chi connectivity index (χ3v) is 3.85. The molecule has 0 fully saturated rings. The van der Waals surface area contributed by atoms with Crippen LogP contribution in [0.1, 0.15) is 5.69 Å². The second-order valence-corrected chi connectivity index (χ2v) is 5.49. The van der Waals surface area contributed by atoms with Gasteiger partial charge in [0.05, 0.1) is 19.9 Å². The Labute approximate surface area is 154 Å². The number of allylic oxidation sites excluding steroid dienone is 4. The first kappa shape index (κ1) is 20.1. The third kappa shape index (κ3) is 4.31. The van der Waals surface area contributed by atoms with Crippen molar-refractivity contribution in [3.8, 4) is 22.6 Å². The zero-order chi connectivity index (χ0) is 20.1. The van der Waals surface area contributed by atoms with Gasteiger partial charge >= 0.3 is 0 Å². The van der Waals surface area contributed by atoms with Crippen LogP contribution in [-0.4, -0.2) is 18.8 Å². The van der Waals surface area contributed by atoms with E-state index in [0.29, 0.717) is 23.1 Å². The van der Waals surface area contributed by atoms with Gasteiger partial charge in [0.15, 0.2) is 11.7 Å². The zero-order valence-corrected chi connectivity index (χ0v) is 15.1. The Hall–Kier alpha value is -3.22. The van der Waals surface area contributed by atoms with Crippen LogP contribution in [0, 0.1) is 0 Å². The average molecular weight is 377 g/mol. The number of aromatic nitrogens is 1. The molecule has 4 nitrogen and oxygen atoms in total. The zero-order valence-electron chi connectivity index (χ0n) is 15.1. The molecule has 1 aromatic carbocycles. The van der Waals surface area contributed by atoms with Crippen LogP contribution >= 0.6 is 0 Å². The lowest BCUT2D eigenvalue weighted by molar-refractivity contribution is 0.394. The summed E-state index contributed by atoms with van der Waals surface area (Å²) in [5.41, 5.74) is -0.273. The van der Waals surface area contributed by atoms with Crippen LogP contribution < -0.4 is 15.0 Å². The first-order chi connectivity index (χ1) is 12.8. The van der Waals surface area contributed by atoms with Crippen molar-refractivity contribution in [2.24, 2.45) is 7.05 Å². The highest BCUT2D eigenvalue weighted by atomic mass is 19.2. The maximum Gasteiger partial charge on any atom is 0.250 e. The Morgan fingerprint density at radius 2 is 1.67 bits per heavy atom. The van der Waals surface area contributed by atoms with Gasteiger partial charge in [0.1, 0.15) is 17.3 Å². The van der Waals surface area contributed by atoms with Gasteiger partial charge in [-0.15, -0.1) is 0 Å². The molecule has 27 heavy (non-hydrogen) atoms. The SMILES string of the molecule is C=C/C(F)=C\C(F)=C(/F)c1c(-c2cc(OC)cc(OC)c2)ccc(=O)n1C. The molecule has 0 amide bonds. The molecule has 0 spiro atoms. The average Bonchev–Trinajstić information content (AvgIpc) is 2.68. The van der Waals surface area contributed by atoms with Crippen molar-refractivity contribution in [2.45, 2.75) is 0 Å². The summed E-state index contributed by atoms with van der Waals surface area (Å²) in [5.74, 6) is -3.06. The van der Waals surface area contributed by atoms with Crippen LogP contribution in [-0.2, 0) is 7.05 Å². The van der Waals surface area contributed by atoms with E-state index in [1.165, 1.54) is 33.4 Å². The van der Waals surface area contributed by atoms with Crippen molar-refractivity contribution in [1.29, 1.82) is 0 Å². The smallest absolute Gasteiger partial charge is 0.250 e. The molecule has 0 radical (unpaired) electrons. The van der Waals surface area contributed by atoms with Crippen LogP contribution in [0.15, 0.2) is 65.5 Å². The highest BCUT2D eigenvalue weighted by Gasteiger charge is 2.19. The first-order valence-corrected chi connectivity index (χ1v) is 7.81. The van der Waals surface area contributed by atoms with Gasteiger partial charge in [0, 0.05) is 30.8 Å². The van der Waals surface area contributed by atoms with Crippen LogP contribution in [0.3, 0.4) is 0 Å². The predicted molar refractivity (Wildman–Crippen MR) is 98.7 cm³/mol. The molecular formula is C20H18F3NO3. The van der Waals surface area contributed by atoms with Gasteiger partial charge in [0.25, 0.3) is 5.56 Å². The number of benzene rings is 1. The molecule has 0 atom stereocenters. The molecule has 0 aliphatic rings. The number of halogens is 3. The van der Waals surface area contributed by atoms with Gasteiger partial charge in [-0.1, -0.05) is 6.58 Å². The molecule has 0 aliphatic heterocycles. The van der Waals surface area contributed by atoms with Gasteiger partial charge in [-0.2, -0.15) is 0 Å². The summed E-state index contributed by atoms with van der Waals surface area (Å²) in [6.07, 6.45) is 1.10. The maximum atomic E-state index is 14.8. The summed E-state index contributed by atoms with van der Waals surface area (Å²) >= 11 is 0. The lowest BCUT2D eigenvalue weighted by Crippen LogP contribution is -2.19. The summed E-state index contributed by atoms with van der Waals surface area (Å²) in [7, 11) is 4.19. The normalized spacial score (nSPS) is 12.4. The standard InChI is InChI=1S/C20H18F3NO3/c1-5-13(21)10-17(22)19(23)20-16(6-7-18(25)24(20)2)12-8-14(26-3)11-15(9-12)27-4/h5-11H,1H2,2-4H3/b13-10+,19-17+. The van der Waals surface area contributed by atoms with Crippen LogP contribution in [0.2, 0.25) is 0 Å². The molecule has 0 unspecified atom stereocenters. The number of rotatable bonds is 6. The minimum Gasteiger partial charge on any atom is -0.497 e. The Balaban J connectivity index is 2.82. The van der Waals surface area contributed by atoms with Gasteiger partial charge in [-0.3, -0.25) is 4.79 Å². The number of methoxy groups -OCH3 is 2. The van der Waals surface area contributed by atoms with E-state index in [-0.39, 0.29) is 11.3 Å². The van der Waals surface area contributed by atoms with Crippen molar-refractivity contribution < 1.29 is 22.6 Å². The molecule has 0 saturated carbocycles. The Morgan fingerprint density at radius 1 is 1.07 bits per heavy atom. The molecule has 0 aliphatic carbocycles. The van der Waals surface area contributed by atoms with Gasteiger partial charge < -0.3 is 14.0 Å². The van der Waals surface area contributed by atoms with Gasteiger partial charge in [-0.25, -0.2) is 13.2 Å². The van der Waals surface area contributed by atoms with Crippen molar-refractivity contribution in [3.63, 3.8) is 0 Å². The van der Waals surface area contributed by atoms with Gasteiger partial charge in [0.2, 0.25) is 0 Å². The van der Waals surface area contributed by atoms with E-state index in [1.54, 1.807) is 18.2 Å². The van der Waals surface area contributed by atoms with E-state index >= 15 is 0 Å². The summed E-state index contributed by atoms with van der Waals surface area (Å²) in [6.45, 7) is 3.14. The second-order valence-electron chi connectivity index (χ2n) is 5.49. The fourth-order valence-corrected chi connectivity index (χ4v) is 2.45. The Kier molecular flexibility index (Phi) is 6.28. The number of ether oxygens (including phenoxy) is 2. The second kappa shape index (κ2) is 8.44. The summed E-state index contributed by atoms with van der Waals surface area (Å²) in [6, 6.07) is 7.34. The molecule has 2 rings (SSSR count). The molecular weight excluding hydrogens is 359 g/mol. The van der Waals surface area contributed by atoms with Crippen LogP contribution in [0.5, 0.6) is 11.5 Å². The predicted octanol–water partition coefficient (Wildman–Crippen LogP) is 4.72. The van der Waals surface area contributed by atoms with E-state index < -0.39 is 23.0 Å². The fourth-order valence-electron chi connectivity index (χ4n) is 2.45. The quantitative estimate of drug-likeness (QED) is 0.684. The van der Waals surface area contributed by atoms with E-state index in [4.69, 9.17) is 9.47 Å². The number of pyridine rings is 1. The summed E-state index contributed by atoms with van der Waals surface area (Å²) in [5, 5.41) is 0. The highest BCUT2D eigenvalue weighted by molar-refractivity contribution is 5.79.